The monoisotopic (exact) mass is 408 g/mol. The van der Waals surface area contributed by atoms with E-state index >= 15 is 0 Å². The average molecular weight is 408 g/mol. The molecule has 2 aromatic carbocycles. The minimum Gasteiger partial charge on any atom is -0.488 e. The van der Waals surface area contributed by atoms with E-state index in [-0.39, 0.29) is 24.2 Å². The van der Waals surface area contributed by atoms with Crippen LogP contribution in [0.15, 0.2) is 48.5 Å². The number of alkyl halides is 3. The molecule has 0 spiro atoms. The van der Waals surface area contributed by atoms with Crippen LogP contribution in [0.3, 0.4) is 0 Å². The van der Waals surface area contributed by atoms with Crippen LogP contribution in [0.2, 0.25) is 0 Å². The lowest BCUT2D eigenvalue weighted by molar-refractivity contribution is -0.139. The summed E-state index contributed by atoms with van der Waals surface area (Å²) < 4.78 is 44.6. The number of ether oxygens (including phenoxy) is 1. The summed E-state index contributed by atoms with van der Waals surface area (Å²) in [6.07, 6.45) is -4.61. The van der Waals surface area contributed by atoms with E-state index in [0.717, 1.165) is 36.7 Å². The smallest absolute Gasteiger partial charge is 0.419 e. The van der Waals surface area contributed by atoms with Crippen molar-refractivity contribution in [1.82, 2.24) is 10.6 Å². The van der Waals surface area contributed by atoms with Gasteiger partial charge in [0.1, 0.15) is 12.4 Å². The molecule has 0 radical (unpaired) electrons. The van der Waals surface area contributed by atoms with Gasteiger partial charge in [-0.05, 0) is 48.1 Å². The summed E-state index contributed by atoms with van der Waals surface area (Å²) in [7, 11) is 0. The van der Waals surface area contributed by atoms with Gasteiger partial charge in [0.2, 0.25) is 0 Å². The summed E-state index contributed by atoms with van der Waals surface area (Å²) >= 11 is 0. The Labute approximate surface area is 166 Å². The highest BCUT2D eigenvalue weighted by atomic mass is 19.4. The van der Waals surface area contributed by atoms with Gasteiger partial charge in [-0.1, -0.05) is 36.4 Å². The van der Waals surface area contributed by atoms with Crippen LogP contribution < -0.4 is 15.4 Å². The normalized spacial score (nSPS) is 19.6. The van der Waals surface area contributed by atoms with Gasteiger partial charge >= 0.3 is 12.3 Å². The zero-order valence-electron chi connectivity index (χ0n) is 15.7. The first-order valence-corrected chi connectivity index (χ1v) is 9.40. The standard InChI is InChI=1S/C21H23F3N2O3/c22-21(23,24)18-3-1-2-4-19(18)29-13-14-5-7-15(8-6-14)17-9-10-25-11-16(17)12-26-20(27)28/h1-8,16-17,25-26H,9-13H2,(H,27,28). The molecule has 29 heavy (non-hydrogen) atoms. The Hall–Kier alpha value is -2.74. The Morgan fingerprint density at radius 2 is 1.90 bits per heavy atom. The third-order valence-electron chi connectivity index (χ3n) is 5.12. The number of benzene rings is 2. The summed E-state index contributed by atoms with van der Waals surface area (Å²) in [6.45, 7) is 1.98. The minimum atomic E-state index is -4.46. The highest BCUT2D eigenvalue weighted by Crippen LogP contribution is 2.36. The molecule has 3 N–H and O–H groups in total. The number of amides is 1. The van der Waals surface area contributed by atoms with Crippen LogP contribution in [0, 0.1) is 5.92 Å². The molecule has 1 amide bonds. The quantitative estimate of drug-likeness (QED) is 0.669. The van der Waals surface area contributed by atoms with Gasteiger partial charge in [-0.3, -0.25) is 0 Å². The van der Waals surface area contributed by atoms with E-state index < -0.39 is 17.8 Å². The van der Waals surface area contributed by atoms with Crippen molar-refractivity contribution >= 4 is 6.09 Å². The van der Waals surface area contributed by atoms with Gasteiger partial charge in [-0.15, -0.1) is 0 Å². The SMILES string of the molecule is O=C(O)NCC1CNCCC1c1ccc(COc2ccccc2C(F)(F)F)cc1. The van der Waals surface area contributed by atoms with Gasteiger partial charge in [0.15, 0.2) is 0 Å². The number of hydrogen-bond donors (Lipinski definition) is 3. The fourth-order valence-corrected chi connectivity index (χ4v) is 3.64. The first-order chi connectivity index (χ1) is 13.8. The molecule has 1 fully saturated rings. The molecule has 5 nitrogen and oxygen atoms in total. The maximum atomic E-state index is 13.1. The van der Waals surface area contributed by atoms with Crippen LogP contribution in [0.4, 0.5) is 18.0 Å². The fourth-order valence-electron chi connectivity index (χ4n) is 3.64. The molecule has 0 saturated carbocycles. The second kappa shape index (κ2) is 9.17. The van der Waals surface area contributed by atoms with Crippen molar-refractivity contribution in [2.45, 2.75) is 25.1 Å². The molecule has 156 valence electrons. The van der Waals surface area contributed by atoms with Crippen LogP contribution >= 0.6 is 0 Å². The predicted molar refractivity (Wildman–Crippen MR) is 102 cm³/mol. The van der Waals surface area contributed by atoms with Gasteiger partial charge in [0.25, 0.3) is 0 Å². The van der Waals surface area contributed by atoms with Crippen molar-refractivity contribution in [2.24, 2.45) is 5.92 Å². The lowest BCUT2D eigenvalue weighted by atomic mass is 9.81. The number of carboxylic acid groups (broad SMARTS) is 1. The van der Waals surface area contributed by atoms with Crippen LogP contribution in [0.25, 0.3) is 0 Å². The van der Waals surface area contributed by atoms with E-state index in [1.54, 1.807) is 0 Å². The largest absolute Gasteiger partial charge is 0.488 e. The molecular weight excluding hydrogens is 385 g/mol. The Morgan fingerprint density at radius 1 is 1.17 bits per heavy atom. The first kappa shape index (κ1) is 21.0. The summed E-state index contributed by atoms with van der Waals surface area (Å²) in [5.74, 6) is 0.159. The molecule has 3 rings (SSSR count). The number of nitrogens with one attached hydrogen (secondary N) is 2. The second-order valence-electron chi connectivity index (χ2n) is 7.07. The van der Waals surface area contributed by atoms with E-state index in [4.69, 9.17) is 9.84 Å². The van der Waals surface area contributed by atoms with Gasteiger partial charge in [-0.25, -0.2) is 4.79 Å². The molecule has 2 atom stereocenters. The zero-order chi connectivity index (χ0) is 20.9. The van der Waals surface area contributed by atoms with E-state index in [1.807, 2.05) is 24.3 Å². The van der Waals surface area contributed by atoms with Crippen molar-refractivity contribution in [2.75, 3.05) is 19.6 Å². The molecule has 0 aromatic heterocycles. The van der Waals surface area contributed by atoms with Gasteiger partial charge in [0, 0.05) is 13.1 Å². The molecule has 1 saturated heterocycles. The topological polar surface area (TPSA) is 70.6 Å². The second-order valence-corrected chi connectivity index (χ2v) is 7.07. The molecule has 1 aliphatic rings. The van der Waals surface area contributed by atoms with E-state index in [0.29, 0.717) is 6.54 Å². The van der Waals surface area contributed by atoms with Gasteiger partial charge in [-0.2, -0.15) is 13.2 Å². The summed E-state index contributed by atoms with van der Waals surface area (Å²) in [5, 5.41) is 14.6. The van der Waals surface area contributed by atoms with Crippen molar-refractivity contribution in [1.29, 1.82) is 0 Å². The number of piperidine rings is 1. The van der Waals surface area contributed by atoms with Crippen LogP contribution in [-0.4, -0.2) is 30.8 Å². The zero-order valence-corrected chi connectivity index (χ0v) is 15.7. The highest BCUT2D eigenvalue weighted by molar-refractivity contribution is 5.64. The third kappa shape index (κ3) is 5.63. The molecule has 1 heterocycles. The van der Waals surface area contributed by atoms with Gasteiger partial charge < -0.3 is 20.5 Å². The summed E-state index contributed by atoms with van der Waals surface area (Å²) in [4.78, 5) is 10.8. The number of carbonyl (C=O) groups is 1. The van der Waals surface area contributed by atoms with Crippen molar-refractivity contribution < 1.29 is 27.8 Å². The molecular formula is C21H23F3N2O3. The minimum absolute atomic E-state index is 0.0313. The molecule has 0 aliphatic carbocycles. The molecule has 2 aromatic rings. The number of halogens is 3. The highest BCUT2D eigenvalue weighted by Gasteiger charge is 2.34. The van der Waals surface area contributed by atoms with E-state index in [1.165, 1.54) is 18.2 Å². The maximum Gasteiger partial charge on any atom is 0.419 e. The molecule has 2 unspecified atom stereocenters. The molecule has 1 aliphatic heterocycles. The Morgan fingerprint density at radius 3 is 2.59 bits per heavy atom. The Bertz CT molecular complexity index is 825. The number of para-hydroxylation sites is 1. The fraction of sp³-hybridized carbons (Fsp3) is 0.381. The van der Waals surface area contributed by atoms with Gasteiger partial charge in [0.05, 0.1) is 5.56 Å². The van der Waals surface area contributed by atoms with E-state index in [9.17, 15) is 18.0 Å². The summed E-state index contributed by atoms with van der Waals surface area (Å²) in [6, 6.07) is 12.7. The molecule has 0 bridgehead atoms. The van der Waals surface area contributed by atoms with Crippen LogP contribution in [0.1, 0.15) is 29.0 Å². The van der Waals surface area contributed by atoms with E-state index in [2.05, 4.69) is 10.6 Å². The lowest BCUT2D eigenvalue weighted by Crippen LogP contribution is -2.41. The maximum absolute atomic E-state index is 13.1. The predicted octanol–water partition coefficient (Wildman–Crippen LogP) is 4.25. The lowest BCUT2D eigenvalue weighted by Gasteiger charge is -2.32. The average Bonchev–Trinajstić information content (AvgIpc) is 2.71. The van der Waals surface area contributed by atoms with Crippen molar-refractivity contribution in [3.05, 3.63) is 65.2 Å². The number of hydrogen-bond acceptors (Lipinski definition) is 3. The summed E-state index contributed by atoms with van der Waals surface area (Å²) in [5.41, 5.74) is 1.06. The third-order valence-corrected chi connectivity index (χ3v) is 5.12. The molecule has 8 heteroatoms. The van der Waals surface area contributed by atoms with Crippen molar-refractivity contribution in [3.8, 4) is 5.75 Å². The van der Waals surface area contributed by atoms with Crippen molar-refractivity contribution in [3.63, 3.8) is 0 Å². The first-order valence-electron chi connectivity index (χ1n) is 9.40. The number of rotatable bonds is 6. The van der Waals surface area contributed by atoms with Crippen LogP contribution in [0.5, 0.6) is 5.75 Å². The van der Waals surface area contributed by atoms with Crippen LogP contribution in [-0.2, 0) is 12.8 Å². The Balaban J connectivity index is 1.65. The Kier molecular flexibility index (Phi) is 6.64.